The third kappa shape index (κ3) is 2.46. The molecule has 0 amide bonds. The average molecular weight is 296 g/mol. The van der Waals surface area contributed by atoms with Gasteiger partial charge in [0.1, 0.15) is 11.0 Å². The van der Waals surface area contributed by atoms with E-state index < -0.39 is 0 Å². The van der Waals surface area contributed by atoms with E-state index in [-0.39, 0.29) is 17.9 Å². The highest BCUT2D eigenvalue weighted by atomic mass is 35.5. The Morgan fingerprint density at radius 3 is 2.65 bits per heavy atom. The van der Waals surface area contributed by atoms with Gasteiger partial charge in [0.15, 0.2) is 0 Å². The van der Waals surface area contributed by atoms with Crippen molar-refractivity contribution in [3.8, 4) is 0 Å². The number of carbonyl (C=O) groups excluding carboxylic acids is 1. The maximum absolute atomic E-state index is 12.1. The minimum atomic E-state index is -0.119. The summed E-state index contributed by atoms with van der Waals surface area (Å²) in [6, 6.07) is 0.0720. The molecule has 1 heterocycles. The highest BCUT2D eigenvalue weighted by Crippen LogP contribution is 2.46. The molecule has 20 heavy (non-hydrogen) atoms. The summed E-state index contributed by atoms with van der Waals surface area (Å²) in [5, 5.41) is 3.71. The number of nitrogens with zero attached hydrogens (tertiary/aromatic N) is 2. The van der Waals surface area contributed by atoms with Crippen LogP contribution in [0.25, 0.3) is 0 Å². The van der Waals surface area contributed by atoms with Crippen molar-refractivity contribution < 1.29 is 9.53 Å². The number of aromatic nitrogens is 2. The van der Waals surface area contributed by atoms with Gasteiger partial charge in [0.2, 0.25) is 0 Å². The number of methoxy groups -OCH3 is 1. The molecule has 2 atom stereocenters. The van der Waals surface area contributed by atoms with Gasteiger partial charge in [-0.2, -0.15) is 0 Å². The second kappa shape index (κ2) is 5.56. The van der Waals surface area contributed by atoms with Crippen LogP contribution in [0.4, 0.5) is 5.82 Å². The summed E-state index contributed by atoms with van der Waals surface area (Å²) >= 11 is 5.86. The van der Waals surface area contributed by atoms with E-state index in [9.17, 15) is 4.79 Å². The summed E-state index contributed by atoms with van der Waals surface area (Å²) in [5.41, 5.74) is 0. The summed E-state index contributed by atoms with van der Waals surface area (Å²) in [6.45, 7) is 0. The van der Waals surface area contributed by atoms with E-state index in [2.05, 4.69) is 15.3 Å². The van der Waals surface area contributed by atoms with Gasteiger partial charge < -0.3 is 10.1 Å². The van der Waals surface area contributed by atoms with Crippen LogP contribution in [0.15, 0.2) is 12.4 Å². The molecule has 3 fully saturated rings. The molecule has 0 aromatic carbocycles. The van der Waals surface area contributed by atoms with Crippen molar-refractivity contribution in [3.63, 3.8) is 0 Å². The zero-order valence-corrected chi connectivity index (χ0v) is 12.1. The van der Waals surface area contributed by atoms with Gasteiger partial charge in [-0.25, -0.2) is 4.98 Å². The number of fused-ring (bicyclic) bond motifs is 3. The van der Waals surface area contributed by atoms with Crippen LogP contribution in [-0.4, -0.2) is 29.1 Å². The second-order valence-electron chi connectivity index (χ2n) is 5.62. The summed E-state index contributed by atoms with van der Waals surface area (Å²) in [5.74, 6) is 1.33. The van der Waals surface area contributed by atoms with Crippen molar-refractivity contribution >= 4 is 23.4 Å². The third-order valence-corrected chi connectivity index (χ3v) is 4.79. The van der Waals surface area contributed by atoms with Crippen LogP contribution in [-0.2, 0) is 9.53 Å². The molecule has 0 radical (unpaired) electrons. The van der Waals surface area contributed by atoms with E-state index in [0.717, 1.165) is 25.7 Å². The number of halogens is 1. The van der Waals surface area contributed by atoms with Gasteiger partial charge in [0, 0.05) is 6.04 Å². The topological polar surface area (TPSA) is 64.1 Å². The predicted octanol–water partition coefficient (Wildman–Crippen LogP) is 2.52. The number of hydrogen-bond acceptors (Lipinski definition) is 5. The van der Waals surface area contributed by atoms with Crippen molar-refractivity contribution in [3.05, 3.63) is 17.5 Å². The highest BCUT2D eigenvalue weighted by molar-refractivity contribution is 6.29. The van der Waals surface area contributed by atoms with E-state index in [0.29, 0.717) is 22.8 Å². The lowest BCUT2D eigenvalue weighted by Crippen LogP contribution is -2.51. The largest absolute Gasteiger partial charge is 0.469 e. The fourth-order valence-corrected chi connectivity index (χ4v) is 3.86. The number of esters is 1. The zero-order chi connectivity index (χ0) is 14.1. The van der Waals surface area contributed by atoms with E-state index in [4.69, 9.17) is 16.3 Å². The molecule has 0 aliphatic heterocycles. The van der Waals surface area contributed by atoms with Gasteiger partial charge in [-0.1, -0.05) is 11.6 Å². The van der Waals surface area contributed by atoms with Crippen molar-refractivity contribution in [2.24, 2.45) is 17.8 Å². The van der Waals surface area contributed by atoms with E-state index in [1.54, 1.807) is 6.20 Å². The van der Waals surface area contributed by atoms with Crippen LogP contribution in [0.5, 0.6) is 0 Å². The Morgan fingerprint density at radius 1 is 1.30 bits per heavy atom. The van der Waals surface area contributed by atoms with Crippen molar-refractivity contribution in [1.82, 2.24) is 9.97 Å². The normalized spacial score (nSPS) is 31.9. The third-order valence-electron chi connectivity index (χ3n) is 4.61. The van der Waals surface area contributed by atoms with E-state index in [1.807, 2.05) is 0 Å². The Hall–Kier alpha value is -1.36. The Morgan fingerprint density at radius 2 is 2.00 bits per heavy atom. The molecule has 1 aromatic heterocycles. The molecular formula is C14H18ClN3O2. The first-order chi connectivity index (χ1) is 9.69. The molecule has 1 aromatic rings. The Labute approximate surface area is 123 Å². The first kappa shape index (κ1) is 13.6. The molecular weight excluding hydrogens is 278 g/mol. The molecule has 2 bridgehead atoms. The van der Waals surface area contributed by atoms with Crippen LogP contribution in [0.1, 0.15) is 25.7 Å². The number of nitrogens with one attached hydrogen (secondary N) is 1. The lowest BCUT2D eigenvalue weighted by atomic mass is 9.61. The summed E-state index contributed by atoms with van der Waals surface area (Å²) in [6.07, 6.45) is 7.68. The first-order valence-corrected chi connectivity index (χ1v) is 7.38. The van der Waals surface area contributed by atoms with Gasteiger partial charge in [-0.3, -0.25) is 9.78 Å². The number of rotatable bonds is 3. The molecule has 3 aliphatic carbocycles. The molecule has 6 heteroatoms. The quantitative estimate of drug-likeness (QED) is 0.868. The SMILES string of the molecule is COC(=O)C1C2CCC(CC2)C1Nc1cncc(Cl)n1. The maximum atomic E-state index is 12.1. The number of carbonyl (C=O) groups is 1. The first-order valence-electron chi connectivity index (χ1n) is 7.01. The van der Waals surface area contributed by atoms with Crippen LogP contribution in [0, 0.1) is 17.8 Å². The molecule has 1 N–H and O–H groups in total. The zero-order valence-electron chi connectivity index (χ0n) is 11.4. The van der Waals surface area contributed by atoms with Gasteiger partial charge in [-0.15, -0.1) is 0 Å². The van der Waals surface area contributed by atoms with Crippen molar-refractivity contribution in [2.75, 3.05) is 12.4 Å². The standard InChI is InChI=1S/C14H18ClN3O2/c1-20-14(19)12-8-2-4-9(5-3-8)13(12)18-11-7-16-6-10(15)17-11/h6-9,12-13H,2-5H2,1H3,(H,17,18). The minimum Gasteiger partial charge on any atom is -0.469 e. The smallest absolute Gasteiger partial charge is 0.311 e. The van der Waals surface area contributed by atoms with Crippen molar-refractivity contribution in [2.45, 2.75) is 31.7 Å². The average Bonchev–Trinajstić information content (AvgIpc) is 2.47. The lowest BCUT2D eigenvalue weighted by Gasteiger charge is -2.47. The van der Waals surface area contributed by atoms with Crippen LogP contribution in [0.3, 0.4) is 0 Å². The Balaban J connectivity index is 1.83. The minimum absolute atomic E-state index is 0.0720. The van der Waals surface area contributed by atoms with Gasteiger partial charge >= 0.3 is 5.97 Å². The molecule has 0 saturated heterocycles. The van der Waals surface area contributed by atoms with E-state index >= 15 is 0 Å². The summed E-state index contributed by atoms with van der Waals surface area (Å²) in [7, 11) is 1.46. The lowest BCUT2D eigenvalue weighted by molar-refractivity contribution is -0.152. The van der Waals surface area contributed by atoms with Crippen LogP contribution < -0.4 is 5.32 Å². The van der Waals surface area contributed by atoms with Crippen LogP contribution in [0.2, 0.25) is 5.15 Å². The van der Waals surface area contributed by atoms with Gasteiger partial charge in [0.05, 0.1) is 25.4 Å². The highest BCUT2D eigenvalue weighted by Gasteiger charge is 2.47. The molecule has 3 aliphatic rings. The molecule has 2 unspecified atom stereocenters. The maximum Gasteiger partial charge on any atom is 0.311 e. The summed E-state index contributed by atoms with van der Waals surface area (Å²) in [4.78, 5) is 20.3. The molecule has 5 nitrogen and oxygen atoms in total. The molecule has 3 saturated carbocycles. The fraction of sp³-hybridized carbons (Fsp3) is 0.643. The monoisotopic (exact) mass is 295 g/mol. The number of ether oxygens (including phenoxy) is 1. The Bertz CT molecular complexity index is 503. The Kier molecular flexibility index (Phi) is 3.78. The van der Waals surface area contributed by atoms with Gasteiger partial charge in [-0.05, 0) is 37.5 Å². The molecule has 4 rings (SSSR count). The predicted molar refractivity (Wildman–Crippen MR) is 75.4 cm³/mol. The van der Waals surface area contributed by atoms with E-state index in [1.165, 1.54) is 13.3 Å². The number of anilines is 1. The number of hydrogen-bond donors (Lipinski definition) is 1. The second-order valence-corrected chi connectivity index (χ2v) is 6.01. The van der Waals surface area contributed by atoms with Crippen LogP contribution >= 0.6 is 11.6 Å². The summed E-state index contributed by atoms with van der Waals surface area (Å²) < 4.78 is 4.99. The fourth-order valence-electron chi connectivity index (χ4n) is 3.71. The molecule has 0 spiro atoms. The van der Waals surface area contributed by atoms with Crippen molar-refractivity contribution in [1.29, 1.82) is 0 Å². The molecule has 108 valence electrons. The van der Waals surface area contributed by atoms with Gasteiger partial charge in [0.25, 0.3) is 0 Å².